The third-order valence-corrected chi connectivity index (χ3v) is 1.81. The fourth-order valence-electron chi connectivity index (χ4n) is 1.08. The molecule has 0 aliphatic rings. The van der Waals surface area contributed by atoms with Crippen LogP contribution in [-0.2, 0) is 0 Å². The summed E-state index contributed by atoms with van der Waals surface area (Å²) in [6.07, 6.45) is 0. The van der Waals surface area contributed by atoms with E-state index < -0.39 is 0 Å². The highest BCUT2D eigenvalue weighted by atomic mass is 35.5. The van der Waals surface area contributed by atoms with Crippen LogP contribution in [0.25, 0.3) is 0 Å². The molecule has 0 spiro atoms. The molecule has 0 saturated carbocycles. The largest absolute Gasteiger partial charge is 0.113 e. The van der Waals surface area contributed by atoms with E-state index in [0.29, 0.717) is 5.88 Å². The minimum atomic E-state index is 0.396. The van der Waals surface area contributed by atoms with Crippen molar-refractivity contribution in [3.05, 3.63) is 34.9 Å². The number of benzene rings is 1. The summed E-state index contributed by atoms with van der Waals surface area (Å²) in [7, 11) is 0. The first-order chi connectivity index (χ1) is 5.74. The summed E-state index contributed by atoms with van der Waals surface area (Å²) in [5, 5.41) is 0. The average molecular weight is 179 g/mol. The van der Waals surface area contributed by atoms with Crippen molar-refractivity contribution in [1.82, 2.24) is 0 Å². The monoisotopic (exact) mass is 178 g/mol. The molecule has 0 amide bonds. The van der Waals surface area contributed by atoms with Crippen molar-refractivity contribution >= 4 is 11.6 Å². The van der Waals surface area contributed by atoms with Gasteiger partial charge in [-0.25, -0.2) is 0 Å². The minimum absolute atomic E-state index is 0.396. The Morgan fingerprint density at radius 1 is 1.33 bits per heavy atom. The van der Waals surface area contributed by atoms with E-state index >= 15 is 0 Å². The van der Waals surface area contributed by atoms with E-state index in [9.17, 15) is 0 Å². The third-order valence-electron chi connectivity index (χ3n) is 1.67. The van der Waals surface area contributed by atoms with E-state index in [4.69, 9.17) is 11.6 Å². The lowest BCUT2D eigenvalue weighted by atomic mass is 10.1. The molecule has 0 atom stereocenters. The van der Waals surface area contributed by atoms with Gasteiger partial charge in [0, 0.05) is 5.56 Å². The molecule has 62 valence electrons. The first kappa shape index (κ1) is 9.16. The Labute approximate surface area is 78.6 Å². The molecule has 0 aliphatic carbocycles. The first-order valence-corrected chi connectivity index (χ1v) is 4.39. The minimum Gasteiger partial charge on any atom is -0.113 e. The maximum Gasteiger partial charge on any atom is 0.0839 e. The van der Waals surface area contributed by atoms with Gasteiger partial charge < -0.3 is 0 Å². The summed E-state index contributed by atoms with van der Waals surface area (Å²) in [5.41, 5.74) is 3.55. The van der Waals surface area contributed by atoms with E-state index in [0.717, 1.165) is 5.56 Å². The highest BCUT2D eigenvalue weighted by molar-refractivity contribution is 6.19. The Balaban J connectivity index is 3.01. The Hall–Kier alpha value is -0.930. The standard InChI is InChI=1S/C11H11Cl/c1-9-5-6-11(4-3-7-12)10(2)8-9/h5-6,8H,7H2,1-2H3. The summed E-state index contributed by atoms with van der Waals surface area (Å²) in [6.45, 7) is 4.14. The van der Waals surface area contributed by atoms with Crippen LogP contribution in [-0.4, -0.2) is 5.88 Å². The molecule has 0 radical (unpaired) electrons. The van der Waals surface area contributed by atoms with E-state index in [1.54, 1.807) is 0 Å². The van der Waals surface area contributed by atoms with Crippen molar-refractivity contribution < 1.29 is 0 Å². The van der Waals surface area contributed by atoms with Crippen LogP contribution in [0.1, 0.15) is 16.7 Å². The molecule has 0 bridgehead atoms. The van der Waals surface area contributed by atoms with Gasteiger partial charge in [0.05, 0.1) is 5.88 Å². The van der Waals surface area contributed by atoms with Gasteiger partial charge in [0.2, 0.25) is 0 Å². The molecule has 1 aromatic carbocycles. The third kappa shape index (κ3) is 2.29. The summed E-state index contributed by atoms with van der Waals surface area (Å²) in [6, 6.07) is 6.22. The highest BCUT2D eigenvalue weighted by Gasteiger charge is 1.92. The van der Waals surface area contributed by atoms with Crippen molar-refractivity contribution in [3.8, 4) is 11.8 Å². The molecule has 1 rings (SSSR count). The number of halogens is 1. The molecule has 0 aromatic heterocycles. The molecule has 0 nitrogen and oxygen atoms in total. The van der Waals surface area contributed by atoms with Crippen LogP contribution < -0.4 is 0 Å². The van der Waals surface area contributed by atoms with Crippen LogP contribution in [0.15, 0.2) is 18.2 Å². The van der Waals surface area contributed by atoms with Crippen LogP contribution in [0.3, 0.4) is 0 Å². The van der Waals surface area contributed by atoms with Crippen molar-refractivity contribution in [1.29, 1.82) is 0 Å². The predicted molar refractivity (Wildman–Crippen MR) is 53.5 cm³/mol. The number of hydrogen-bond acceptors (Lipinski definition) is 0. The molecule has 0 unspecified atom stereocenters. The fourth-order valence-corrected chi connectivity index (χ4v) is 1.15. The fraction of sp³-hybridized carbons (Fsp3) is 0.273. The molecule has 0 fully saturated rings. The Morgan fingerprint density at radius 3 is 2.67 bits per heavy atom. The molecule has 0 N–H and O–H groups in total. The normalized spacial score (nSPS) is 8.92. The van der Waals surface area contributed by atoms with Gasteiger partial charge in [0.1, 0.15) is 0 Å². The molecule has 12 heavy (non-hydrogen) atoms. The molecular formula is C11H11Cl. The molecule has 1 heteroatoms. The van der Waals surface area contributed by atoms with E-state index in [-0.39, 0.29) is 0 Å². The Bertz CT molecular complexity index is 329. The second kappa shape index (κ2) is 4.18. The molecular weight excluding hydrogens is 168 g/mol. The van der Waals surface area contributed by atoms with Crippen LogP contribution in [0.4, 0.5) is 0 Å². The molecule has 0 heterocycles. The van der Waals surface area contributed by atoms with Crippen molar-refractivity contribution in [2.75, 3.05) is 5.88 Å². The van der Waals surface area contributed by atoms with Crippen LogP contribution in [0, 0.1) is 25.7 Å². The molecule has 0 saturated heterocycles. The van der Waals surface area contributed by atoms with Crippen molar-refractivity contribution in [2.24, 2.45) is 0 Å². The quantitative estimate of drug-likeness (QED) is 0.423. The second-order valence-corrected chi connectivity index (χ2v) is 3.02. The summed E-state index contributed by atoms with van der Waals surface area (Å²) in [5.74, 6) is 6.24. The molecule has 0 aliphatic heterocycles. The Morgan fingerprint density at radius 2 is 2.08 bits per heavy atom. The van der Waals surface area contributed by atoms with Gasteiger partial charge in [0.25, 0.3) is 0 Å². The summed E-state index contributed by atoms with van der Waals surface area (Å²) >= 11 is 5.46. The zero-order valence-corrected chi connectivity index (χ0v) is 8.07. The van der Waals surface area contributed by atoms with E-state index in [2.05, 4.69) is 37.8 Å². The van der Waals surface area contributed by atoms with Gasteiger partial charge in [-0.1, -0.05) is 29.5 Å². The van der Waals surface area contributed by atoms with Crippen LogP contribution >= 0.6 is 11.6 Å². The first-order valence-electron chi connectivity index (χ1n) is 3.86. The van der Waals surface area contributed by atoms with Crippen molar-refractivity contribution in [2.45, 2.75) is 13.8 Å². The number of alkyl halides is 1. The van der Waals surface area contributed by atoms with Gasteiger partial charge in [-0.2, -0.15) is 0 Å². The highest BCUT2D eigenvalue weighted by Crippen LogP contribution is 2.08. The second-order valence-electron chi connectivity index (χ2n) is 2.75. The average Bonchev–Trinajstić information content (AvgIpc) is 2.03. The maximum absolute atomic E-state index is 5.46. The van der Waals surface area contributed by atoms with Gasteiger partial charge in [-0.05, 0) is 25.5 Å². The molecule has 1 aromatic rings. The van der Waals surface area contributed by atoms with Gasteiger partial charge in [-0.15, -0.1) is 11.6 Å². The van der Waals surface area contributed by atoms with Gasteiger partial charge in [0.15, 0.2) is 0 Å². The van der Waals surface area contributed by atoms with Crippen LogP contribution in [0.2, 0.25) is 0 Å². The van der Waals surface area contributed by atoms with Gasteiger partial charge in [-0.3, -0.25) is 0 Å². The number of aryl methyl sites for hydroxylation is 2. The topological polar surface area (TPSA) is 0 Å². The SMILES string of the molecule is Cc1ccc(C#CCCl)c(C)c1. The van der Waals surface area contributed by atoms with E-state index in [1.165, 1.54) is 11.1 Å². The number of rotatable bonds is 0. The predicted octanol–water partition coefficient (Wildman–Crippen LogP) is 2.89. The Kier molecular flexibility index (Phi) is 3.19. The zero-order valence-electron chi connectivity index (χ0n) is 7.32. The lowest BCUT2D eigenvalue weighted by Crippen LogP contribution is -1.83. The van der Waals surface area contributed by atoms with Crippen molar-refractivity contribution in [3.63, 3.8) is 0 Å². The van der Waals surface area contributed by atoms with Crippen LogP contribution in [0.5, 0.6) is 0 Å². The smallest absolute Gasteiger partial charge is 0.0839 e. The summed E-state index contributed by atoms with van der Waals surface area (Å²) in [4.78, 5) is 0. The number of hydrogen-bond donors (Lipinski definition) is 0. The van der Waals surface area contributed by atoms with Gasteiger partial charge >= 0.3 is 0 Å². The van der Waals surface area contributed by atoms with E-state index in [1.807, 2.05) is 6.07 Å². The maximum atomic E-state index is 5.46. The zero-order chi connectivity index (χ0) is 8.97. The lowest BCUT2D eigenvalue weighted by molar-refractivity contribution is 1.36. The summed E-state index contributed by atoms with van der Waals surface area (Å²) < 4.78 is 0. The lowest BCUT2D eigenvalue weighted by Gasteiger charge is -1.98.